The fourth-order valence-electron chi connectivity index (χ4n) is 2.12. The van der Waals surface area contributed by atoms with Gasteiger partial charge in [0, 0.05) is 17.1 Å². The molecule has 0 spiro atoms. The van der Waals surface area contributed by atoms with E-state index in [0.717, 1.165) is 23.4 Å². The Balaban J connectivity index is 2.25. The zero-order valence-corrected chi connectivity index (χ0v) is 12.5. The number of aromatic nitrogens is 2. The molecule has 0 radical (unpaired) electrons. The van der Waals surface area contributed by atoms with Crippen molar-refractivity contribution in [3.8, 4) is 0 Å². The third-order valence-electron chi connectivity index (χ3n) is 3.19. The van der Waals surface area contributed by atoms with E-state index in [1.165, 1.54) is 0 Å². The molecule has 19 heavy (non-hydrogen) atoms. The molecule has 0 aliphatic carbocycles. The van der Waals surface area contributed by atoms with Crippen LogP contribution in [0, 0.1) is 0 Å². The summed E-state index contributed by atoms with van der Waals surface area (Å²) in [7, 11) is 1.91. The van der Waals surface area contributed by atoms with Gasteiger partial charge in [-0.25, -0.2) is 0 Å². The summed E-state index contributed by atoms with van der Waals surface area (Å²) in [5, 5.41) is 5.71. The first-order valence-corrected chi connectivity index (χ1v) is 6.99. The number of nitrogens with zero attached hydrogens (tertiary/aromatic N) is 2. The van der Waals surface area contributed by atoms with Crippen molar-refractivity contribution in [1.29, 1.82) is 0 Å². The van der Waals surface area contributed by atoms with E-state index in [1.54, 1.807) is 0 Å². The van der Waals surface area contributed by atoms with Crippen LogP contribution in [-0.2, 0) is 19.9 Å². The molecule has 1 heterocycles. The van der Waals surface area contributed by atoms with Crippen LogP contribution in [0.3, 0.4) is 0 Å². The molecule has 2 rings (SSSR count). The molecule has 1 unspecified atom stereocenters. The van der Waals surface area contributed by atoms with E-state index in [9.17, 15) is 0 Å². The number of halogens is 2. The number of benzene rings is 1. The molecule has 0 fully saturated rings. The Morgan fingerprint density at radius 2 is 1.95 bits per heavy atom. The SMILES string of the molecule is CCc1cc(C(N)Cc2c(Cl)cccc2Cl)n(C)n1. The predicted molar refractivity (Wildman–Crippen MR) is 79.7 cm³/mol. The van der Waals surface area contributed by atoms with Crippen LogP contribution >= 0.6 is 23.2 Å². The summed E-state index contributed by atoms with van der Waals surface area (Å²) in [4.78, 5) is 0. The molecular formula is C14H17Cl2N3. The van der Waals surface area contributed by atoms with Gasteiger partial charge in [0.05, 0.1) is 17.4 Å². The molecule has 3 nitrogen and oxygen atoms in total. The van der Waals surface area contributed by atoms with E-state index in [-0.39, 0.29) is 6.04 Å². The summed E-state index contributed by atoms with van der Waals surface area (Å²) in [6, 6.07) is 7.36. The molecule has 1 atom stereocenters. The fraction of sp³-hybridized carbons (Fsp3) is 0.357. The maximum absolute atomic E-state index is 6.26. The van der Waals surface area contributed by atoms with Crippen LogP contribution < -0.4 is 5.73 Å². The molecule has 0 bridgehead atoms. The van der Waals surface area contributed by atoms with Crippen molar-refractivity contribution in [2.24, 2.45) is 12.8 Å². The highest BCUT2D eigenvalue weighted by molar-refractivity contribution is 6.36. The Labute approximate surface area is 123 Å². The van der Waals surface area contributed by atoms with E-state index in [1.807, 2.05) is 36.0 Å². The molecule has 1 aromatic carbocycles. The second-order valence-corrected chi connectivity index (χ2v) is 5.36. The van der Waals surface area contributed by atoms with E-state index >= 15 is 0 Å². The smallest absolute Gasteiger partial charge is 0.0625 e. The van der Waals surface area contributed by atoms with E-state index in [4.69, 9.17) is 28.9 Å². The number of aryl methyl sites for hydroxylation is 2. The largest absolute Gasteiger partial charge is 0.322 e. The van der Waals surface area contributed by atoms with Crippen LogP contribution in [0.15, 0.2) is 24.3 Å². The Hall–Kier alpha value is -1.03. The average molecular weight is 298 g/mol. The minimum Gasteiger partial charge on any atom is -0.322 e. The van der Waals surface area contributed by atoms with Crippen LogP contribution in [0.2, 0.25) is 10.0 Å². The highest BCUT2D eigenvalue weighted by atomic mass is 35.5. The summed E-state index contributed by atoms with van der Waals surface area (Å²) < 4.78 is 1.83. The molecule has 2 aromatic rings. The first kappa shape index (κ1) is 14.4. The summed E-state index contributed by atoms with van der Waals surface area (Å²) in [6.45, 7) is 2.07. The lowest BCUT2D eigenvalue weighted by Gasteiger charge is -2.14. The lowest BCUT2D eigenvalue weighted by molar-refractivity contribution is 0.614. The van der Waals surface area contributed by atoms with Crippen LogP contribution in [0.1, 0.15) is 29.9 Å². The van der Waals surface area contributed by atoms with Crippen molar-refractivity contribution < 1.29 is 0 Å². The molecule has 2 N–H and O–H groups in total. The summed E-state index contributed by atoms with van der Waals surface area (Å²) in [5.74, 6) is 0. The van der Waals surface area contributed by atoms with Gasteiger partial charge in [-0.05, 0) is 36.6 Å². The highest BCUT2D eigenvalue weighted by Gasteiger charge is 2.16. The topological polar surface area (TPSA) is 43.8 Å². The van der Waals surface area contributed by atoms with Crippen molar-refractivity contribution in [1.82, 2.24) is 9.78 Å². The Morgan fingerprint density at radius 1 is 1.32 bits per heavy atom. The molecule has 0 saturated carbocycles. The van der Waals surface area contributed by atoms with Gasteiger partial charge >= 0.3 is 0 Å². The van der Waals surface area contributed by atoms with Crippen LogP contribution in [0.25, 0.3) is 0 Å². The summed E-state index contributed by atoms with van der Waals surface area (Å²) in [6.07, 6.45) is 1.49. The normalized spacial score (nSPS) is 12.7. The van der Waals surface area contributed by atoms with E-state index < -0.39 is 0 Å². The molecule has 0 saturated heterocycles. The third-order valence-corrected chi connectivity index (χ3v) is 3.90. The number of hydrogen-bond donors (Lipinski definition) is 1. The van der Waals surface area contributed by atoms with Gasteiger partial charge in [-0.1, -0.05) is 36.2 Å². The lowest BCUT2D eigenvalue weighted by Crippen LogP contribution is -2.17. The van der Waals surface area contributed by atoms with Crippen molar-refractivity contribution in [3.63, 3.8) is 0 Å². The second kappa shape index (κ2) is 5.95. The zero-order valence-electron chi connectivity index (χ0n) is 11.0. The second-order valence-electron chi connectivity index (χ2n) is 4.55. The Morgan fingerprint density at radius 3 is 2.47 bits per heavy atom. The van der Waals surface area contributed by atoms with Crippen molar-refractivity contribution in [2.45, 2.75) is 25.8 Å². The summed E-state index contributed by atoms with van der Waals surface area (Å²) in [5.41, 5.74) is 9.18. The Bertz CT molecular complexity index is 558. The maximum Gasteiger partial charge on any atom is 0.0625 e. The summed E-state index contributed by atoms with van der Waals surface area (Å²) >= 11 is 12.3. The average Bonchev–Trinajstić information content (AvgIpc) is 2.75. The first-order chi connectivity index (χ1) is 9.02. The van der Waals surface area contributed by atoms with Gasteiger partial charge in [0.1, 0.15) is 0 Å². The molecule has 0 amide bonds. The molecule has 0 aliphatic rings. The molecular weight excluding hydrogens is 281 g/mol. The van der Waals surface area contributed by atoms with Gasteiger partial charge in [0.15, 0.2) is 0 Å². The van der Waals surface area contributed by atoms with Gasteiger partial charge < -0.3 is 5.73 Å². The maximum atomic E-state index is 6.26. The molecule has 102 valence electrons. The van der Waals surface area contributed by atoms with Crippen LogP contribution in [0.4, 0.5) is 0 Å². The van der Waals surface area contributed by atoms with Crippen molar-refractivity contribution in [2.75, 3.05) is 0 Å². The van der Waals surface area contributed by atoms with Crippen molar-refractivity contribution >= 4 is 23.2 Å². The van der Waals surface area contributed by atoms with Gasteiger partial charge in [-0.2, -0.15) is 5.10 Å². The highest BCUT2D eigenvalue weighted by Crippen LogP contribution is 2.28. The molecule has 1 aromatic heterocycles. The van der Waals surface area contributed by atoms with Gasteiger partial charge in [-0.3, -0.25) is 4.68 Å². The monoisotopic (exact) mass is 297 g/mol. The fourth-order valence-corrected chi connectivity index (χ4v) is 2.67. The Kier molecular flexibility index (Phi) is 4.50. The standard InChI is InChI=1S/C14H17Cl2N3/c1-3-9-7-14(19(2)18-9)13(17)8-10-11(15)5-4-6-12(10)16/h4-7,13H,3,8,17H2,1-2H3. The minimum atomic E-state index is -0.171. The van der Waals surface area contributed by atoms with Gasteiger partial charge in [-0.15, -0.1) is 0 Å². The van der Waals surface area contributed by atoms with E-state index in [0.29, 0.717) is 16.5 Å². The molecule has 5 heteroatoms. The molecule has 0 aliphatic heterocycles. The minimum absolute atomic E-state index is 0.171. The van der Waals surface area contributed by atoms with Gasteiger partial charge in [0.2, 0.25) is 0 Å². The lowest BCUT2D eigenvalue weighted by atomic mass is 10.0. The van der Waals surface area contributed by atoms with E-state index in [2.05, 4.69) is 12.0 Å². The number of nitrogens with two attached hydrogens (primary N) is 1. The van der Waals surface area contributed by atoms with Crippen LogP contribution in [0.5, 0.6) is 0 Å². The number of rotatable bonds is 4. The zero-order chi connectivity index (χ0) is 14.0. The van der Waals surface area contributed by atoms with Gasteiger partial charge in [0.25, 0.3) is 0 Å². The predicted octanol–water partition coefficient (Wildman–Crippen LogP) is 3.53. The quantitative estimate of drug-likeness (QED) is 0.938. The third kappa shape index (κ3) is 3.11. The first-order valence-electron chi connectivity index (χ1n) is 6.24. The van der Waals surface area contributed by atoms with Crippen molar-refractivity contribution in [3.05, 3.63) is 51.3 Å². The van der Waals surface area contributed by atoms with Crippen LogP contribution in [-0.4, -0.2) is 9.78 Å². The number of hydrogen-bond acceptors (Lipinski definition) is 2.